The van der Waals surface area contributed by atoms with Crippen LogP contribution in [0.1, 0.15) is 49.1 Å². The van der Waals surface area contributed by atoms with Gasteiger partial charge in [-0.3, -0.25) is 0 Å². The number of aryl methyl sites for hydroxylation is 3. The highest BCUT2D eigenvalue weighted by atomic mass is 32.1. The van der Waals surface area contributed by atoms with Gasteiger partial charge in [0.05, 0.1) is 6.10 Å². The van der Waals surface area contributed by atoms with E-state index in [1.807, 2.05) is 6.07 Å². The van der Waals surface area contributed by atoms with Crippen molar-refractivity contribution in [2.75, 3.05) is 10.6 Å². The van der Waals surface area contributed by atoms with Crippen LogP contribution in [-0.4, -0.2) is 14.2 Å². The van der Waals surface area contributed by atoms with Crippen LogP contribution in [0.2, 0.25) is 13.1 Å². The Labute approximate surface area is 177 Å². The van der Waals surface area contributed by atoms with Crippen LogP contribution in [0.25, 0.3) is 0 Å². The summed E-state index contributed by atoms with van der Waals surface area (Å²) < 4.78 is 6.36. The average molecular weight is 415 g/mol. The van der Waals surface area contributed by atoms with Crippen LogP contribution in [0.5, 0.6) is 0 Å². The lowest BCUT2D eigenvalue weighted by molar-refractivity contribution is 0.0866. The van der Waals surface area contributed by atoms with Gasteiger partial charge in [0.2, 0.25) is 0 Å². The van der Waals surface area contributed by atoms with Crippen LogP contribution in [0.15, 0.2) is 36.4 Å². The van der Waals surface area contributed by atoms with Crippen molar-refractivity contribution in [3.63, 3.8) is 0 Å². The normalized spacial score (nSPS) is 12.8. The lowest BCUT2D eigenvalue weighted by atomic mass is 9.85. The van der Waals surface area contributed by atoms with Gasteiger partial charge in [-0.1, -0.05) is 50.6 Å². The molecule has 3 nitrogen and oxygen atoms in total. The second-order valence-electron chi connectivity index (χ2n) is 8.91. The summed E-state index contributed by atoms with van der Waals surface area (Å²) in [6, 6.07) is 12.7. The molecule has 0 aliphatic carbocycles. The van der Waals surface area contributed by atoms with Crippen molar-refractivity contribution in [2.24, 2.45) is 5.41 Å². The van der Waals surface area contributed by atoms with Crippen LogP contribution in [0, 0.1) is 26.2 Å². The molecular weight excluding hydrogens is 380 g/mol. The first-order chi connectivity index (χ1) is 13.0. The molecule has 0 spiro atoms. The molecule has 1 unspecified atom stereocenters. The predicted octanol–water partition coefficient (Wildman–Crippen LogP) is 6.51. The third kappa shape index (κ3) is 6.16. The zero-order chi connectivity index (χ0) is 21.1. The van der Waals surface area contributed by atoms with Crippen molar-refractivity contribution in [1.29, 1.82) is 0 Å². The first-order valence-corrected chi connectivity index (χ1v) is 13.1. The number of nitrogens with one attached hydrogen (secondary N) is 2. The summed E-state index contributed by atoms with van der Waals surface area (Å²) in [5, 5.41) is 7.29. The molecule has 0 radical (unpaired) electrons. The Morgan fingerprint density at radius 1 is 1.00 bits per heavy atom. The average Bonchev–Trinajstić information content (AvgIpc) is 2.55. The third-order valence-electron chi connectivity index (χ3n) is 4.56. The first kappa shape index (κ1) is 22.6. The van der Waals surface area contributed by atoms with Gasteiger partial charge in [-0.05, 0) is 80.3 Å². The van der Waals surface area contributed by atoms with E-state index >= 15 is 0 Å². The van der Waals surface area contributed by atoms with Gasteiger partial charge in [-0.2, -0.15) is 0 Å². The standard InChI is InChI=1S/C23H34N2OSSi/c1-15-12-16(2)20(17(3)13-15)25-22(27)24-19-11-9-10-18(14-19)21(23(4,5)6)26-28(7)8/h9-14,21,28H,1-8H3,(H2,24,25,27). The molecule has 0 saturated carbocycles. The summed E-state index contributed by atoms with van der Waals surface area (Å²) >= 11 is 5.58. The Kier molecular flexibility index (Phi) is 7.43. The van der Waals surface area contributed by atoms with Gasteiger partial charge in [0, 0.05) is 11.4 Å². The van der Waals surface area contributed by atoms with Gasteiger partial charge >= 0.3 is 0 Å². The Bertz CT molecular complexity index is 820. The van der Waals surface area contributed by atoms with Crippen LogP contribution in [-0.2, 0) is 4.43 Å². The SMILES string of the molecule is Cc1cc(C)c(NC(=S)Nc2cccc(C(O[SiH](C)C)C(C)(C)C)c2)c(C)c1. The molecule has 2 rings (SSSR count). The van der Waals surface area contributed by atoms with E-state index in [2.05, 4.69) is 95.6 Å². The highest BCUT2D eigenvalue weighted by Crippen LogP contribution is 2.37. The molecule has 0 saturated heterocycles. The monoisotopic (exact) mass is 414 g/mol. The quantitative estimate of drug-likeness (QED) is 0.432. The Balaban J connectivity index is 2.19. The van der Waals surface area contributed by atoms with E-state index in [9.17, 15) is 0 Å². The molecular formula is C23H34N2OSSi. The molecule has 0 aromatic heterocycles. The van der Waals surface area contributed by atoms with Gasteiger partial charge < -0.3 is 15.1 Å². The molecule has 2 aromatic rings. The minimum absolute atomic E-state index is 0.0325. The van der Waals surface area contributed by atoms with E-state index in [1.165, 1.54) is 22.3 Å². The molecule has 0 bridgehead atoms. The van der Waals surface area contributed by atoms with Gasteiger partial charge in [-0.25, -0.2) is 0 Å². The van der Waals surface area contributed by atoms with Crippen molar-refractivity contribution in [2.45, 2.75) is 60.7 Å². The molecule has 1 atom stereocenters. The number of anilines is 2. The zero-order valence-electron chi connectivity index (χ0n) is 18.4. The zero-order valence-corrected chi connectivity index (χ0v) is 20.4. The molecule has 2 aromatic carbocycles. The van der Waals surface area contributed by atoms with E-state index in [0.29, 0.717) is 5.11 Å². The molecule has 5 heteroatoms. The third-order valence-corrected chi connectivity index (χ3v) is 5.58. The second-order valence-corrected chi connectivity index (χ2v) is 11.7. The molecule has 0 heterocycles. The summed E-state index contributed by atoms with van der Waals surface area (Å²) in [5.41, 5.74) is 6.90. The van der Waals surface area contributed by atoms with E-state index < -0.39 is 9.04 Å². The minimum Gasteiger partial charge on any atom is -0.413 e. The lowest BCUT2D eigenvalue weighted by Gasteiger charge is -2.33. The molecule has 2 N–H and O–H groups in total. The highest BCUT2D eigenvalue weighted by Gasteiger charge is 2.28. The maximum Gasteiger partial charge on any atom is 0.175 e. The van der Waals surface area contributed by atoms with E-state index in [-0.39, 0.29) is 11.5 Å². The van der Waals surface area contributed by atoms with Crippen LogP contribution in [0.4, 0.5) is 11.4 Å². The minimum atomic E-state index is -1.16. The Morgan fingerprint density at radius 2 is 1.61 bits per heavy atom. The fourth-order valence-electron chi connectivity index (χ4n) is 3.49. The number of hydrogen-bond acceptors (Lipinski definition) is 2. The van der Waals surface area contributed by atoms with Crippen molar-refractivity contribution < 1.29 is 4.43 Å². The fraction of sp³-hybridized carbons (Fsp3) is 0.435. The first-order valence-electron chi connectivity index (χ1n) is 9.88. The van der Waals surface area contributed by atoms with Crippen molar-refractivity contribution >= 4 is 37.7 Å². The number of rotatable bonds is 5. The van der Waals surface area contributed by atoms with Crippen LogP contribution in [0.3, 0.4) is 0 Å². The number of thiocarbonyl (C=S) groups is 1. The number of benzene rings is 2. The van der Waals surface area contributed by atoms with E-state index in [1.54, 1.807) is 0 Å². The summed E-state index contributed by atoms with van der Waals surface area (Å²) in [4.78, 5) is 0. The van der Waals surface area contributed by atoms with Crippen molar-refractivity contribution in [3.8, 4) is 0 Å². The Hall–Kier alpha value is -1.69. The second kappa shape index (κ2) is 9.20. The fourth-order valence-corrected chi connectivity index (χ4v) is 4.82. The topological polar surface area (TPSA) is 33.3 Å². The molecule has 152 valence electrons. The molecule has 0 aliphatic rings. The largest absolute Gasteiger partial charge is 0.413 e. The molecule has 0 amide bonds. The summed E-state index contributed by atoms with van der Waals surface area (Å²) in [6.45, 7) is 17.4. The van der Waals surface area contributed by atoms with Crippen LogP contribution < -0.4 is 10.6 Å². The van der Waals surface area contributed by atoms with Crippen molar-refractivity contribution in [3.05, 3.63) is 58.7 Å². The van der Waals surface area contributed by atoms with Crippen molar-refractivity contribution in [1.82, 2.24) is 0 Å². The van der Waals surface area contributed by atoms with Gasteiger partial charge in [0.25, 0.3) is 0 Å². The van der Waals surface area contributed by atoms with Crippen LogP contribution >= 0.6 is 12.2 Å². The number of hydrogen-bond donors (Lipinski definition) is 2. The summed E-state index contributed by atoms with van der Waals surface area (Å²) in [6.07, 6.45) is 0.0732. The Morgan fingerprint density at radius 3 is 2.14 bits per heavy atom. The predicted molar refractivity (Wildman–Crippen MR) is 129 cm³/mol. The van der Waals surface area contributed by atoms with Gasteiger partial charge in [-0.15, -0.1) is 0 Å². The molecule has 0 fully saturated rings. The maximum absolute atomic E-state index is 6.36. The maximum atomic E-state index is 6.36. The smallest absolute Gasteiger partial charge is 0.175 e. The molecule has 28 heavy (non-hydrogen) atoms. The van der Waals surface area contributed by atoms with E-state index in [0.717, 1.165) is 11.4 Å². The highest BCUT2D eigenvalue weighted by molar-refractivity contribution is 7.80. The van der Waals surface area contributed by atoms with Gasteiger partial charge in [0.1, 0.15) is 0 Å². The van der Waals surface area contributed by atoms with Gasteiger partial charge in [0.15, 0.2) is 14.2 Å². The summed E-state index contributed by atoms with van der Waals surface area (Å²) in [5.74, 6) is 0. The lowest BCUT2D eigenvalue weighted by Crippen LogP contribution is -2.26. The molecule has 0 aliphatic heterocycles. The summed E-state index contributed by atoms with van der Waals surface area (Å²) in [7, 11) is -1.16. The van der Waals surface area contributed by atoms with E-state index in [4.69, 9.17) is 16.6 Å².